The molecule has 0 bridgehead atoms. The van der Waals surface area contributed by atoms with Gasteiger partial charge in [-0.25, -0.2) is 22.2 Å². The molecule has 9 heteroatoms. The maximum absolute atomic E-state index is 12.9. The van der Waals surface area contributed by atoms with Gasteiger partial charge in [0.15, 0.2) is 0 Å². The fourth-order valence-electron chi connectivity index (χ4n) is 2.35. The summed E-state index contributed by atoms with van der Waals surface area (Å²) < 4.78 is 40.8. The van der Waals surface area contributed by atoms with Gasteiger partial charge in [0.05, 0.1) is 24.2 Å². The Morgan fingerprint density at radius 1 is 1.08 bits per heavy atom. The highest BCUT2D eigenvalue weighted by atomic mass is 32.2. The Balaban J connectivity index is 1.74. The Morgan fingerprint density at radius 3 is 2.42 bits per heavy atom. The first kappa shape index (κ1) is 18.2. The van der Waals surface area contributed by atoms with Crippen molar-refractivity contribution in [1.82, 2.24) is 19.7 Å². The van der Waals surface area contributed by atoms with E-state index in [4.69, 9.17) is 5.11 Å². The molecule has 26 heavy (non-hydrogen) atoms. The van der Waals surface area contributed by atoms with E-state index in [1.54, 1.807) is 35.1 Å². The van der Waals surface area contributed by atoms with Crippen LogP contribution in [0.15, 0.2) is 59.6 Å². The maximum Gasteiger partial charge on any atom is 0.240 e. The number of sulfonamides is 1. The Kier molecular flexibility index (Phi) is 5.40. The van der Waals surface area contributed by atoms with Crippen molar-refractivity contribution >= 4 is 10.0 Å². The van der Waals surface area contributed by atoms with E-state index in [0.717, 1.165) is 11.1 Å². The second-order valence-electron chi connectivity index (χ2n) is 5.57. The van der Waals surface area contributed by atoms with Gasteiger partial charge in [-0.2, -0.15) is 0 Å². The fourth-order valence-corrected chi connectivity index (χ4v) is 3.37. The van der Waals surface area contributed by atoms with Crippen molar-refractivity contribution < 1.29 is 17.9 Å². The molecule has 0 atom stereocenters. The highest BCUT2D eigenvalue weighted by Crippen LogP contribution is 2.19. The number of benzene rings is 2. The van der Waals surface area contributed by atoms with Crippen molar-refractivity contribution in [3.8, 4) is 11.3 Å². The average molecular weight is 376 g/mol. The molecule has 0 aliphatic rings. The lowest BCUT2D eigenvalue weighted by Crippen LogP contribution is -2.26. The van der Waals surface area contributed by atoms with Crippen LogP contribution in [-0.2, 0) is 16.6 Å². The highest BCUT2D eigenvalue weighted by molar-refractivity contribution is 7.89. The van der Waals surface area contributed by atoms with Crippen LogP contribution in [0.3, 0.4) is 0 Å². The van der Waals surface area contributed by atoms with Crippen molar-refractivity contribution in [1.29, 1.82) is 0 Å². The molecular formula is C17H17FN4O3S. The van der Waals surface area contributed by atoms with Crippen LogP contribution in [0, 0.1) is 5.82 Å². The molecule has 0 aliphatic heterocycles. The van der Waals surface area contributed by atoms with E-state index in [0.29, 0.717) is 12.2 Å². The SMILES string of the molecule is O=S(=O)(NCCO)c1ccc(-c2cn(Cc3ccc(F)cc3)nn2)cc1. The number of aromatic nitrogens is 3. The highest BCUT2D eigenvalue weighted by Gasteiger charge is 2.13. The summed E-state index contributed by atoms with van der Waals surface area (Å²) in [5, 5.41) is 16.8. The Hall–Kier alpha value is -2.62. The lowest BCUT2D eigenvalue weighted by atomic mass is 10.2. The first-order chi connectivity index (χ1) is 12.5. The number of hydrogen-bond donors (Lipinski definition) is 2. The molecule has 0 spiro atoms. The van der Waals surface area contributed by atoms with Crippen LogP contribution < -0.4 is 4.72 Å². The van der Waals surface area contributed by atoms with E-state index in [1.165, 1.54) is 24.3 Å². The predicted octanol–water partition coefficient (Wildman–Crippen LogP) is 1.40. The van der Waals surface area contributed by atoms with Gasteiger partial charge < -0.3 is 5.11 Å². The van der Waals surface area contributed by atoms with E-state index in [1.807, 2.05) is 0 Å². The van der Waals surface area contributed by atoms with Gasteiger partial charge in [-0.15, -0.1) is 5.10 Å². The molecule has 1 aromatic heterocycles. The second-order valence-corrected chi connectivity index (χ2v) is 7.34. The summed E-state index contributed by atoms with van der Waals surface area (Å²) in [6.45, 7) is 0.140. The molecule has 0 unspecified atom stereocenters. The zero-order valence-corrected chi connectivity index (χ0v) is 14.5. The minimum atomic E-state index is -3.64. The molecule has 0 saturated carbocycles. The zero-order chi connectivity index (χ0) is 18.6. The van der Waals surface area contributed by atoms with Crippen molar-refractivity contribution in [2.75, 3.05) is 13.2 Å². The lowest BCUT2D eigenvalue weighted by molar-refractivity contribution is 0.301. The van der Waals surface area contributed by atoms with Crippen LogP contribution in [0.1, 0.15) is 5.56 Å². The number of aliphatic hydroxyl groups is 1. The molecule has 2 N–H and O–H groups in total. The monoisotopic (exact) mass is 376 g/mol. The van der Waals surface area contributed by atoms with Crippen LogP contribution >= 0.6 is 0 Å². The molecule has 0 radical (unpaired) electrons. The van der Waals surface area contributed by atoms with E-state index < -0.39 is 10.0 Å². The normalized spacial score (nSPS) is 11.6. The third-order valence-electron chi connectivity index (χ3n) is 3.66. The topological polar surface area (TPSA) is 97.1 Å². The molecular weight excluding hydrogens is 359 g/mol. The number of halogens is 1. The van der Waals surface area contributed by atoms with Crippen LogP contribution in [-0.4, -0.2) is 41.7 Å². The van der Waals surface area contributed by atoms with E-state index in [9.17, 15) is 12.8 Å². The molecule has 3 rings (SSSR count). The number of nitrogens with one attached hydrogen (secondary N) is 1. The van der Waals surface area contributed by atoms with Crippen molar-refractivity contribution in [2.45, 2.75) is 11.4 Å². The number of nitrogens with zero attached hydrogens (tertiary/aromatic N) is 3. The summed E-state index contributed by atoms with van der Waals surface area (Å²) in [6.07, 6.45) is 1.73. The van der Waals surface area contributed by atoms with E-state index in [-0.39, 0.29) is 23.9 Å². The summed E-state index contributed by atoms with van der Waals surface area (Å²) in [5.41, 5.74) is 2.20. The van der Waals surface area contributed by atoms with Crippen molar-refractivity contribution in [2.24, 2.45) is 0 Å². The van der Waals surface area contributed by atoms with E-state index >= 15 is 0 Å². The maximum atomic E-state index is 12.9. The standard InChI is InChI=1S/C17H17FN4O3S/c18-15-5-1-13(2-6-15)11-22-12-17(20-21-22)14-3-7-16(8-4-14)26(24,25)19-9-10-23/h1-8,12,19,23H,9-11H2. The van der Waals surface area contributed by atoms with E-state index in [2.05, 4.69) is 15.0 Å². The van der Waals surface area contributed by atoms with Gasteiger partial charge >= 0.3 is 0 Å². The molecule has 0 amide bonds. The molecule has 3 aromatic rings. The smallest absolute Gasteiger partial charge is 0.240 e. The summed E-state index contributed by atoms with van der Waals surface area (Å²) in [4.78, 5) is 0.105. The number of hydrogen-bond acceptors (Lipinski definition) is 5. The first-order valence-corrected chi connectivity index (χ1v) is 9.32. The Bertz CT molecular complexity index is 970. The van der Waals surface area contributed by atoms with Crippen molar-refractivity contribution in [3.63, 3.8) is 0 Å². The summed E-state index contributed by atoms with van der Waals surface area (Å²) in [5.74, 6) is -0.295. The summed E-state index contributed by atoms with van der Waals surface area (Å²) >= 11 is 0. The molecule has 0 fully saturated rings. The molecule has 1 heterocycles. The first-order valence-electron chi connectivity index (χ1n) is 7.83. The van der Waals surface area contributed by atoms with Crippen LogP contribution in [0.5, 0.6) is 0 Å². The molecule has 0 aliphatic carbocycles. The van der Waals surface area contributed by atoms with Crippen LogP contribution in [0.2, 0.25) is 0 Å². The van der Waals surface area contributed by atoms with Gasteiger partial charge in [0.25, 0.3) is 0 Å². The summed E-state index contributed by atoms with van der Waals surface area (Å²) in [6, 6.07) is 12.3. The Morgan fingerprint density at radius 2 is 1.77 bits per heavy atom. The van der Waals surface area contributed by atoms with Gasteiger partial charge in [0.1, 0.15) is 11.5 Å². The minimum Gasteiger partial charge on any atom is -0.395 e. The fraction of sp³-hybridized carbons (Fsp3) is 0.176. The van der Waals surface area contributed by atoms with Gasteiger partial charge in [0.2, 0.25) is 10.0 Å². The van der Waals surface area contributed by atoms with Gasteiger partial charge in [-0.05, 0) is 29.8 Å². The third-order valence-corrected chi connectivity index (χ3v) is 5.14. The largest absolute Gasteiger partial charge is 0.395 e. The van der Waals surface area contributed by atoms with Crippen molar-refractivity contribution in [3.05, 3.63) is 66.1 Å². The molecule has 0 saturated heterocycles. The number of rotatable bonds is 7. The van der Waals surface area contributed by atoms with Gasteiger partial charge in [0, 0.05) is 12.1 Å². The van der Waals surface area contributed by atoms with Gasteiger partial charge in [-0.1, -0.05) is 29.5 Å². The zero-order valence-electron chi connectivity index (χ0n) is 13.7. The molecule has 2 aromatic carbocycles. The summed E-state index contributed by atoms with van der Waals surface area (Å²) in [7, 11) is -3.64. The van der Waals surface area contributed by atoms with Gasteiger partial charge in [-0.3, -0.25) is 0 Å². The molecule has 7 nitrogen and oxygen atoms in total. The quantitative estimate of drug-likeness (QED) is 0.650. The third kappa shape index (κ3) is 4.31. The average Bonchev–Trinajstić information content (AvgIpc) is 3.11. The van der Waals surface area contributed by atoms with Crippen LogP contribution in [0.25, 0.3) is 11.3 Å². The predicted molar refractivity (Wildman–Crippen MR) is 93.2 cm³/mol. The molecule has 136 valence electrons. The second kappa shape index (κ2) is 7.73. The van der Waals surface area contributed by atoms with Crippen LogP contribution in [0.4, 0.5) is 4.39 Å². The lowest BCUT2D eigenvalue weighted by Gasteiger charge is -2.05. The number of aliphatic hydroxyl groups excluding tert-OH is 1. The minimum absolute atomic E-state index is 0.0399. The Labute approximate surface area is 150 Å².